The van der Waals surface area contributed by atoms with Crippen molar-refractivity contribution in [3.05, 3.63) is 0 Å². The topological polar surface area (TPSA) is 46.6 Å². The molecule has 0 aromatic rings. The predicted molar refractivity (Wildman–Crippen MR) is 72.8 cm³/mol. The third-order valence-corrected chi connectivity index (χ3v) is 4.30. The Bertz CT molecular complexity index is 323. The number of hydrogen-bond donors (Lipinski definition) is 0. The Morgan fingerprint density at radius 3 is 2.63 bits per heavy atom. The van der Waals surface area contributed by atoms with Crippen molar-refractivity contribution in [3.63, 3.8) is 0 Å². The van der Waals surface area contributed by atoms with Gasteiger partial charge in [-0.15, -0.1) is 0 Å². The van der Waals surface area contributed by atoms with Crippen LogP contribution in [0, 0.1) is 5.92 Å². The molecule has 0 bridgehead atoms. The lowest BCUT2D eigenvalue weighted by atomic mass is 9.81. The quantitative estimate of drug-likeness (QED) is 0.732. The van der Waals surface area contributed by atoms with Crippen LogP contribution in [0.5, 0.6) is 0 Å². The van der Waals surface area contributed by atoms with E-state index in [0.717, 1.165) is 45.2 Å². The number of hydrogen-bond acceptors (Lipinski definition) is 4. The number of piperidine rings is 1. The zero-order valence-corrected chi connectivity index (χ0v) is 11.9. The van der Waals surface area contributed by atoms with E-state index >= 15 is 0 Å². The molecule has 4 nitrogen and oxygen atoms in total. The summed E-state index contributed by atoms with van der Waals surface area (Å²) in [5, 5.41) is 0. The first-order chi connectivity index (χ1) is 9.24. The van der Waals surface area contributed by atoms with Crippen molar-refractivity contribution in [2.24, 2.45) is 5.92 Å². The van der Waals surface area contributed by atoms with E-state index < -0.39 is 0 Å². The summed E-state index contributed by atoms with van der Waals surface area (Å²) >= 11 is 0. The summed E-state index contributed by atoms with van der Waals surface area (Å²) in [6.07, 6.45) is 6.98. The number of nitrogens with zero attached hydrogens (tertiary/aromatic N) is 1. The fraction of sp³-hybridized carbons (Fsp3) is 0.867. The molecule has 19 heavy (non-hydrogen) atoms. The average molecular weight is 267 g/mol. The van der Waals surface area contributed by atoms with Crippen molar-refractivity contribution in [2.45, 2.75) is 57.9 Å². The van der Waals surface area contributed by atoms with Crippen LogP contribution in [0.2, 0.25) is 0 Å². The Hall–Kier alpha value is -0.900. The smallest absolute Gasteiger partial charge is 0.324 e. The van der Waals surface area contributed by atoms with Gasteiger partial charge in [-0.3, -0.25) is 14.5 Å². The highest BCUT2D eigenvalue weighted by Gasteiger charge is 2.39. The highest BCUT2D eigenvalue weighted by molar-refractivity contribution is 5.89. The lowest BCUT2D eigenvalue weighted by Crippen LogP contribution is -2.51. The third-order valence-electron chi connectivity index (χ3n) is 4.30. The van der Waals surface area contributed by atoms with Crippen molar-refractivity contribution in [3.8, 4) is 0 Å². The molecule has 2 aliphatic rings. The van der Waals surface area contributed by atoms with Crippen LogP contribution in [-0.2, 0) is 14.3 Å². The van der Waals surface area contributed by atoms with Crippen molar-refractivity contribution in [2.75, 3.05) is 19.7 Å². The minimum atomic E-state index is -0.326. The second-order valence-corrected chi connectivity index (χ2v) is 5.61. The van der Waals surface area contributed by atoms with Gasteiger partial charge in [-0.2, -0.15) is 0 Å². The molecule has 1 saturated carbocycles. The number of likely N-dealkylation sites (tertiary alicyclic amines) is 1. The van der Waals surface area contributed by atoms with E-state index in [2.05, 4.69) is 4.90 Å². The van der Waals surface area contributed by atoms with Gasteiger partial charge in [0.05, 0.1) is 6.61 Å². The Morgan fingerprint density at radius 1 is 1.26 bits per heavy atom. The van der Waals surface area contributed by atoms with E-state index in [1.807, 2.05) is 6.92 Å². The Labute approximate surface area is 115 Å². The van der Waals surface area contributed by atoms with Crippen LogP contribution in [0.25, 0.3) is 0 Å². The first-order valence-corrected chi connectivity index (χ1v) is 7.67. The number of rotatable bonds is 4. The Kier molecular flexibility index (Phi) is 5.37. The van der Waals surface area contributed by atoms with Gasteiger partial charge in [0.25, 0.3) is 0 Å². The molecule has 4 heteroatoms. The third kappa shape index (κ3) is 3.56. The summed E-state index contributed by atoms with van der Waals surface area (Å²) < 4.78 is 5.23. The summed E-state index contributed by atoms with van der Waals surface area (Å²) in [6, 6.07) is -0.326. The number of Topliss-reactive ketones (excluding diaryl/α,β-unsaturated/α-hetero) is 1. The number of esters is 1. The normalized spacial score (nSPS) is 27.0. The zero-order valence-electron chi connectivity index (χ0n) is 11.9. The number of ether oxygens (including phenoxy) is 1. The van der Waals surface area contributed by atoms with Crippen molar-refractivity contribution in [1.82, 2.24) is 4.90 Å². The van der Waals surface area contributed by atoms with Crippen LogP contribution in [0.3, 0.4) is 0 Å². The van der Waals surface area contributed by atoms with Crippen LogP contribution < -0.4 is 0 Å². The first kappa shape index (κ1) is 14.5. The molecule has 1 saturated heterocycles. The van der Waals surface area contributed by atoms with Gasteiger partial charge in [0.1, 0.15) is 11.8 Å². The van der Waals surface area contributed by atoms with E-state index in [9.17, 15) is 9.59 Å². The predicted octanol–water partition coefficient (Wildman–Crippen LogP) is 2.16. The van der Waals surface area contributed by atoms with Gasteiger partial charge in [0.15, 0.2) is 0 Å². The summed E-state index contributed by atoms with van der Waals surface area (Å²) in [7, 11) is 0. The van der Waals surface area contributed by atoms with Gasteiger partial charge in [0.2, 0.25) is 0 Å². The van der Waals surface area contributed by atoms with E-state index in [-0.39, 0.29) is 23.7 Å². The molecule has 0 amide bonds. The highest BCUT2D eigenvalue weighted by atomic mass is 16.5. The van der Waals surface area contributed by atoms with E-state index in [1.54, 1.807) is 0 Å². The molecule has 108 valence electrons. The monoisotopic (exact) mass is 267 g/mol. The van der Waals surface area contributed by atoms with Crippen LogP contribution in [-0.4, -0.2) is 42.4 Å². The van der Waals surface area contributed by atoms with Crippen LogP contribution in [0.4, 0.5) is 0 Å². The maximum absolute atomic E-state index is 12.3. The molecule has 0 aromatic heterocycles. The molecule has 0 aromatic carbocycles. The maximum Gasteiger partial charge on any atom is 0.324 e. The fourth-order valence-corrected chi connectivity index (χ4v) is 3.34. The second-order valence-electron chi connectivity index (χ2n) is 5.61. The standard InChI is InChI=1S/C15H25NO3/c1-2-19-15(18)14(16-10-6-3-7-11-16)12-8-4-5-9-13(12)17/h12,14H,2-11H2,1H3/t12-,14-/m0/s1. The van der Waals surface area contributed by atoms with Gasteiger partial charge in [-0.1, -0.05) is 12.8 Å². The average Bonchev–Trinajstić information content (AvgIpc) is 2.43. The largest absolute Gasteiger partial charge is 0.465 e. The SMILES string of the molecule is CCOC(=O)[C@H]([C@H]1CCCCC1=O)N1CCCCC1. The molecule has 0 N–H and O–H groups in total. The molecule has 0 radical (unpaired) electrons. The van der Waals surface area contributed by atoms with Crippen LogP contribution in [0.15, 0.2) is 0 Å². The molecule has 1 aliphatic carbocycles. The van der Waals surface area contributed by atoms with Crippen molar-refractivity contribution >= 4 is 11.8 Å². The van der Waals surface area contributed by atoms with E-state index in [1.165, 1.54) is 6.42 Å². The Balaban J connectivity index is 2.11. The summed E-state index contributed by atoms with van der Waals surface area (Å²) in [4.78, 5) is 26.6. The number of carbonyl (C=O) groups is 2. The van der Waals surface area contributed by atoms with Gasteiger partial charge in [-0.05, 0) is 45.7 Å². The molecule has 1 heterocycles. The molecular weight excluding hydrogens is 242 g/mol. The summed E-state index contributed by atoms with van der Waals surface area (Å²) in [5.74, 6) is -0.0644. The van der Waals surface area contributed by atoms with Crippen molar-refractivity contribution in [1.29, 1.82) is 0 Å². The first-order valence-electron chi connectivity index (χ1n) is 7.67. The number of ketones is 1. The lowest BCUT2D eigenvalue weighted by Gasteiger charge is -2.38. The minimum absolute atomic E-state index is 0.133. The van der Waals surface area contributed by atoms with Gasteiger partial charge >= 0.3 is 5.97 Å². The molecule has 0 spiro atoms. The fourth-order valence-electron chi connectivity index (χ4n) is 3.34. The Morgan fingerprint density at radius 2 is 2.00 bits per heavy atom. The summed E-state index contributed by atoms with van der Waals surface area (Å²) in [6.45, 7) is 4.07. The van der Waals surface area contributed by atoms with Crippen LogP contribution in [0.1, 0.15) is 51.9 Å². The van der Waals surface area contributed by atoms with Crippen molar-refractivity contribution < 1.29 is 14.3 Å². The zero-order chi connectivity index (χ0) is 13.7. The van der Waals surface area contributed by atoms with E-state index in [0.29, 0.717) is 13.0 Å². The van der Waals surface area contributed by atoms with Gasteiger partial charge < -0.3 is 4.74 Å². The summed E-state index contributed by atoms with van der Waals surface area (Å²) in [5.41, 5.74) is 0. The lowest BCUT2D eigenvalue weighted by molar-refractivity contribution is -0.155. The van der Waals surface area contributed by atoms with Gasteiger partial charge in [-0.25, -0.2) is 0 Å². The van der Waals surface area contributed by atoms with E-state index in [4.69, 9.17) is 4.74 Å². The maximum atomic E-state index is 12.3. The highest BCUT2D eigenvalue weighted by Crippen LogP contribution is 2.29. The molecule has 2 fully saturated rings. The molecule has 1 aliphatic heterocycles. The molecular formula is C15H25NO3. The molecule has 2 atom stereocenters. The van der Waals surface area contributed by atoms with Gasteiger partial charge in [0, 0.05) is 12.3 Å². The number of carbonyl (C=O) groups excluding carboxylic acids is 2. The molecule has 2 rings (SSSR count). The van der Waals surface area contributed by atoms with Crippen LogP contribution >= 0.6 is 0 Å². The molecule has 0 unspecified atom stereocenters. The second kappa shape index (κ2) is 7.04. The minimum Gasteiger partial charge on any atom is -0.465 e.